The maximum atomic E-state index is 13.2. The van der Waals surface area contributed by atoms with Crippen LogP contribution in [0.5, 0.6) is 5.75 Å². The standard InChI is InChI=1S/C27H32ClN3O3/c28-20-4-6-21(7-5-20)29-25(33)30-12-9-26-10-13-31(17-18-1-2-18)24(27(26,34)11-14-30)15-19-3-8-22(32)16-23(19)26/h3-8,16,18,24,32,34H,1-2,9-15,17H2,(H,29,33). The predicted molar refractivity (Wildman–Crippen MR) is 132 cm³/mol. The molecule has 3 N–H and O–H groups in total. The van der Waals surface area contributed by atoms with Crippen LogP contribution in [0.2, 0.25) is 5.02 Å². The normalized spacial score (nSPS) is 30.8. The van der Waals surface area contributed by atoms with Crippen LogP contribution in [0, 0.1) is 5.92 Å². The predicted octanol–water partition coefficient (Wildman–Crippen LogP) is 4.38. The Kier molecular flexibility index (Phi) is 5.32. The molecule has 34 heavy (non-hydrogen) atoms. The number of phenols is 1. The molecule has 2 heterocycles. The van der Waals surface area contributed by atoms with E-state index in [2.05, 4.69) is 10.2 Å². The number of rotatable bonds is 3. The van der Waals surface area contributed by atoms with Crippen molar-refractivity contribution < 1.29 is 15.0 Å². The molecule has 6 nitrogen and oxygen atoms in total. The number of phenolic OH excluding ortho intramolecular Hbond substituents is 1. The molecule has 180 valence electrons. The van der Waals surface area contributed by atoms with Crippen LogP contribution in [0.3, 0.4) is 0 Å². The smallest absolute Gasteiger partial charge is 0.321 e. The second-order valence-corrected chi connectivity index (χ2v) is 11.1. The third-order valence-corrected chi connectivity index (χ3v) is 9.06. The third kappa shape index (κ3) is 3.58. The number of hydrogen-bond donors (Lipinski definition) is 3. The molecule has 6 rings (SSSR count). The second kappa shape index (κ2) is 8.14. The lowest BCUT2D eigenvalue weighted by molar-refractivity contribution is -0.149. The van der Waals surface area contributed by atoms with Gasteiger partial charge in [-0.25, -0.2) is 4.79 Å². The van der Waals surface area contributed by atoms with E-state index in [4.69, 9.17) is 11.6 Å². The van der Waals surface area contributed by atoms with Gasteiger partial charge in [-0.05, 0) is 98.5 Å². The lowest BCUT2D eigenvalue weighted by atomic mass is 9.52. The number of benzene rings is 2. The average Bonchev–Trinajstić information content (AvgIpc) is 3.64. The van der Waals surface area contributed by atoms with Crippen molar-refractivity contribution in [2.75, 3.05) is 31.5 Å². The van der Waals surface area contributed by atoms with Gasteiger partial charge < -0.3 is 20.4 Å². The topological polar surface area (TPSA) is 76.0 Å². The Morgan fingerprint density at radius 1 is 1.06 bits per heavy atom. The molecule has 1 saturated carbocycles. The van der Waals surface area contributed by atoms with Crippen molar-refractivity contribution in [3.63, 3.8) is 0 Å². The first-order valence-electron chi connectivity index (χ1n) is 12.5. The number of piperidine rings is 1. The zero-order valence-electron chi connectivity index (χ0n) is 19.3. The largest absolute Gasteiger partial charge is 0.508 e. The van der Waals surface area contributed by atoms with E-state index in [0.717, 1.165) is 37.4 Å². The fourth-order valence-corrected chi connectivity index (χ4v) is 6.93. The van der Waals surface area contributed by atoms with Crippen LogP contribution in [-0.4, -0.2) is 63.9 Å². The fourth-order valence-electron chi connectivity index (χ4n) is 6.80. The molecule has 7 heteroatoms. The number of aromatic hydroxyl groups is 1. The van der Waals surface area contributed by atoms with Gasteiger partial charge in [-0.3, -0.25) is 4.90 Å². The highest BCUT2D eigenvalue weighted by molar-refractivity contribution is 6.30. The third-order valence-electron chi connectivity index (χ3n) is 8.81. The molecule has 0 aromatic heterocycles. The minimum Gasteiger partial charge on any atom is -0.508 e. The molecule has 3 atom stereocenters. The molecule has 4 aliphatic rings. The molecule has 3 fully saturated rings. The molecule has 0 spiro atoms. The number of aliphatic hydroxyl groups is 1. The fraction of sp³-hybridized carbons (Fsp3) is 0.519. The van der Waals surface area contributed by atoms with Crippen LogP contribution in [-0.2, 0) is 11.8 Å². The molecule has 2 bridgehead atoms. The summed E-state index contributed by atoms with van der Waals surface area (Å²) in [5.41, 5.74) is 1.62. The molecule has 3 unspecified atom stereocenters. The van der Waals surface area contributed by atoms with Gasteiger partial charge in [0.15, 0.2) is 0 Å². The number of halogens is 1. The van der Waals surface area contributed by atoms with Gasteiger partial charge in [-0.15, -0.1) is 0 Å². The molecule has 0 radical (unpaired) electrons. The maximum Gasteiger partial charge on any atom is 0.321 e. The van der Waals surface area contributed by atoms with Gasteiger partial charge in [0.1, 0.15) is 5.75 Å². The number of likely N-dealkylation sites (tertiary alicyclic amines) is 2. The average molecular weight is 482 g/mol. The number of amides is 2. The Labute approximate surface area is 205 Å². The van der Waals surface area contributed by atoms with Crippen molar-refractivity contribution in [1.29, 1.82) is 0 Å². The van der Waals surface area contributed by atoms with Gasteiger partial charge in [0.2, 0.25) is 0 Å². The SMILES string of the molecule is O=C(Nc1ccc(Cl)cc1)N1CCC23CCN(CC4CC4)C(Cc4ccc(O)cc42)C3(O)CC1. The summed E-state index contributed by atoms with van der Waals surface area (Å²) in [7, 11) is 0. The van der Waals surface area contributed by atoms with Crippen molar-refractivity contribution in [1.82, 2.24) is 9.80 Å². The lowest BCUT2D eigenvalue weighted by Gasteiger charge is -2.61. The quantitative estimate of drug-likeness (QED) is 0.608. The van der Waals surface area contributed by atoms with E-state index in [1.165, 1.54) is 18.4 Å². The van der Waals surface area contributed by atoms with Crippen LogP contribution in [0.25, 0.3) is 0 Å². The first kappa shape index (κ1) is 22.2. The van der Waals surface area contributed by atoms with E-state index in [1.807, 2.05) is 17.0 Å². The highest BCUT2D eigenvalue weighted by Gasteiger charge is 2.63. The first-order chi connectivity index (χ1) is 16.4. The number of fused-ring (bicyclic) bond motifs is 1. The van der Waals surface area contributed by atoms with E-state index in [-0.39, 0.29) is 17.8 Å². The second-order valence-electron chi connectivity index (χ2n) is 10.7. The van der Waals surface area contributed by atoms with Crippen molar-refractivity contribution >= 4 is 23.3 Å². The Balaban J connectivity index is 1.32. The van der Waals surface area contributed by atoms with Gasteiger partial charge in [0, 0.05) is 41.8 Å². The van der Waals surface area contributed by atoms with Crippen molar-refractivity contribution in [2.45, 2.75) is 55.6 Å². The molecule has 2 aromatic rings. The van der Waals surface area contributed by atoms with E-state index in [0.29, 0.717) is 36.6 Å². The summed E-state index contributed by atoms with van der Waals surface area (Å²) < 4.78 is 0. The van der Waals surface area contributed by atoms with Crippen LogP contribution in [0.4, 0.5) is 10.5 Å². The Morgan fingerprint density at radius 2 is 1.79 bits per heavy atom. The summed E-state index contributed by atoms with van der Waals surface area (Å²) in [6.07, 6.45) is 5.42. The molecule has 2 amide bonds. The van der Waals surface area contributed by atoms with Crippen molar-refractivity contribution in [2.24, 2.45) is 5.92 Å². The Morgan fingerprint density at radius 3 is 2.56 bits per heavy atom. The summed E-state index contributed by atoms with van der Waals surface area (Å²) in [4.78, 5) is 17.5. The summed E-state index contributed by atoms with van der Waals surface area (Å²) >= 11 is 5.98. The maximum absolute atomic E-state index is 13.2. The number of nitrogens with one attached hydrogen (secondary N) is 1. The van der Waals surface area contributed by atoms with Gasteiger partial charge in [0.25, 0.3) is 0 Å². The van der Waals surface area contributed by atoms with E-state index >= 15 is 0 Å². The van der Waals surface area contributed by atoms with Crippen molar-refractivity contribution in [3.05, 3.63) is 58.6 Å². The number of nitrogens with zero attached hydrogens (tertiary/aromatic N) is 2. The minimum atomic E-state index is -0.934. The van der Waals surface area contributed by atoms with Crippen molar-refractivity contribution in [3.8, 4) is 5.75 Å². The van der Waals surface area contributed by atoms with E-state index in [1.54, 1.807) is 30.3 Å². The number of hydrogen-bond acceptors (Lipinski definition) is 4. The van der Waals surface area contributed by atoms with Gasteiger partial charge in [-0.2, -0.15) is 0 Å². The highest BCUT2D eigenvalue weighted by Crippen LogP contribution is 2.56. The Bertz CT molecular complexity index is 1100. The number of carbonyl (C=O) groups excluding carboxylic acids is 1. The van der Waals surface area contributed by atoms with E-state index < -0.39 is 11.0 Å². The van der Waals surface area contributed by atoms with Crippen LogP contribution in [0.15, 0.2) is 42.5 Å². The zero-order valence-corrected chi connectivity index (χ0v) is 20.1. The molecule has 2 aromatic carbocycles. The van der Waals surface area contributed by atoms with Crippen LogP contribution >= 0.6 is 11.6 Å². The van der Waals surface area contributed by atoms with Gasteiger partial charge in [-0.1, -0.05) is 17.7 Å². The Hall–Kier alpha value is -2.28. The van der Waals surface area contributed by atoms with Crippen LogP contribution in [0.1, 0.15) is 43.2 Å². The highest BCUT2D eigenvalue weighted by atomic mass is 35.5. The molecular weight excluding hydrogens is 450 g/mol. The minimum absolute atomic E-state index is 0.0400. The van der Waals surface area contributed by atoms with E-state index in [9.17, 15) is 15.0 Å². The first-order valence-corrected chi connectivity index (χ1v) is 12.9. The summed E-state index contributed by atoms with van der Waals surface area (Å²) in [5.74, 6) is 1.00. The van der Waals surface area contributed by atoms with Gasteiger partial charge >= 0.3 is 6.03 Å². The van der Waals surface area contributed by atoms with Crippen LogP contribution < -0.4 is 5.32 Å². The summed E-state index contributed by atoms with van der Waals surface area (Å²) in [5, 5.41) is 26.5. The molecule has 2 aliphatic heterocycles. The monoisotopic (exact) mass is 481 g/mol. The summed E-state index contributed by atoms with van der Waals surface area (Å²) in [6, 6.07) is 12.7. The van der Waals surface area contributed by atoms with Gasteiger partial charge in [0.05, 0.1) is 5.60 Å². The molecular formula is C27H32ClN3O3. The number of carbonyl (C=O) groups is 1. The number of anilines is 1. The molecule has 2 aliphatic carbocycles. The zero-order chi connectivity index (χ0) is 23.5. The molecule has 2 saturated heterocycles. The summed E-state index contributed by atoms with van der Waals surface area (Å²) in [6.45, 7) is 3.07. The number of urea groups is 1. The lowest BCUT2D eigenvalue weighted by Crippen LogP contribution is -2.71.